The van der Waals surface area contributed by atoms with Gasteiger partial charge in [0.2, 0.25) is 0 Å². The molecule has 0 fully saturated rings. The van der Waals surface area contributed by atoms with Gasteiger partial charge in [0.05, 0.1) is 0 Å². The number of carbonyl (C=O) groups is 3. The molecule has 0 spiro atoms. The first-order valence-electron chi connectivity index (χ1n) is 28.9. The summed E-state index contributed by atoms with van der Waals surface area (Å²) in [5.41, 5.74) is 0. The van der Waals surface area contributed by atoms with Gasteiger partial charge in [-0.05, 0) is 25.2 Å². The summed E-state index contributed by atoms with van der Waals surface area (Å²) in [5, 5.41) is 0. The summed E-state index contributed by atoms with van der Waals surface area (Å²) >= 11 is 0. The van der Waals surface area contributed by atoms with Crippen molar-refractivity contribution in [1.29, 1.82) is 0 Å². The fraction of sp³-hybridized carbons (Fsp3) is 0.948. The van der Waals surface area contributed by atoms with Crippen LogP contribution in [-0.4, -0.2) is 37.2 Å². The van der Waals surface area contributed by atoms with E-state index in [1.807, 2.05) is 0 Å². The monoisotopic (exact) mass is 905 g/mol. The Morgan fingerprint density at radius 1 is 0.297 bits per heavy atom. The number of esters is 3. The van der Waals surface area contributed by atoms with Gasteiger partial charge in [0, 0.05) is 19.3 Å². The normalized spacial score (nSPS) is 12.0. The largest absolute Gasteiger partial charge is 0.462 e. The standard InChI is InChI=1S/C58H112O6/c1-5-7-9-11-13-15-17-19-20-21-26-29-33-37-41-45-49-56(59)62-52-55(64-58(61)51-47-43-39-35-31-24-18-16-14-12-10-8-6-2)53-63-57(60)50-46-42-38-34-30-27-23-22-25-28-32-36-40-44-48-54(3)4/h54-55H,5-53H2,1-4H3/t55-/m1/s1. The van der Waals surface area contributed by atoms with Gasteiger partial charge in [0.1, 0.15) is 13.2 Å². The first kappa shape index (κ1) is 62.4. The van der Waals surface area contributed by atoms with Crippen LogP contribution in [0.2, 0.25) is 0 Å². The average Bonchev–Trinajstić information content (AvgIpc) is 3.28. The number of unbranched alkanes of at least 4 members (excludes halogenated alkanes) is 40. The van der Waals surface area contributed by atoms with Crippen LogP contribution in [0.15, 0.2) is 0 Å². The highest BCUT2D eigenvalue weighted by atomic mass is 16.6. The van der Waals surface area contributed by atoms with Gasteiger partial charge >= 0.3 is 17.9 Å². The molecule has 0 heterocycles. The molecular formula is C58H112O6. The van der Waals surface area contributed by atoms with Crippen molar-refractivity contribution in [2.24, 2.45) is 5.92 Å². The summed E-state index contributed by atoms with van der Waals surface area (Å²) in [7, 11) is 0. The zero-order valence-electron chi connectivity index (χ0n) is 43.8. The molecule has 0 aliphatic rings. The van der Waals surface area contributed by atoms with Gasteiger partial charge in [-0.15, -0.1) is 0 Å². The second-order valence-corrected chi connectivity index (χ2v) is 20.4. The summed E-state index contributed by atoms with van der Waals surface area (Å²) in [6, 6.07) is 0. The fourth-order valence-corrected chi connectivity index (χ4v) is 8.92. The Labute approximate surface area is 399 Å². The van der Waals surface area contributed by atoms with Crippen molar-refractivity contribution >= 4 is 17.9 Å². The molecule has 0 aliphatic carbocycles. The molecular weight excluding hydrogens is 793 g/mol. The van der Waals surface area contributed by atoms with Crippen LogP contribution in [0.1, 0.15) is 329 Å². The number of carbonyl (C=O) groups excluding carboxylic acids is 3. The Kier molecular flexibility index (Phi) is 51.1. The molecule has 6 nitrogen and oxygen atoms in total. The van der Waals surface area contributed by atoms with E-state index in [1.165, 1.54) is 225 Å². The Morgan fingerprint density at radius 3 is 0.766 bits per heavy atom. The predicted molar refractivity (Wildman–Crippen MR) is 275 cm³/mol. The Bertz CT molecular complexity index is 964. The lowest BCUT2D eigenvalue weighted by Crippen LogP contribution is -2.30. The molecule has 0 N–H and O–H groups in total. The quantitative estimate of drug-likeness (QED) is 0.0344. The molecule has 1 atom stereocenters. The molecule has 6 heteroatoms. The van der Waals surface area contributed by atoms with Gasteiger partial charge < -0.3 is 14.2 Å². The third kappa shape index (κ3) is 51.4. The maximum atomic E-state index is 12.8. The van der Waals surface area contributed by atoms with Crippen LogP contribution in [-0.2, 0) is 28.6 Å². The maximum absolute atomic E-state index is 12.8. The molecule has 0 amide bonds. The van der Waals surface area contributed by atoms with Crippen LogP contribution < -0.4 is 0 Å². The summed E-state index contributed by atoms with van der Waals surface area (Å²) in [6.07, 6.45) is 56.6. The van der Waals surface area contributed by atoms with Crippen LogP contribution in [0, 0.1) is 5.92 Å². The van der Waals surface area contributed by atoms with E-state index in [1.54, 1.807) is 0 Å². The van der Waals surface area contributed by atoms with Gasteiger partial charge in [0.25, 0.3) is 0 Å². The second kappa shape index (κ2) is 52.4. The number of hydrogen-bond acceptors (Lipinski definition) is 6. The molecule has 380 valence electrons. The van der Waals surface area contributed by atoms with E-state index in [4.69, 9.17) is 14.2 Å². The molecule has 0 bridgehead atoms. The minimum Gasteiger partial charge on any atom is -0.462 e. The van der Waals surface area contributed by atoms with Crippen molar-refractivity contribution in [3.8, 4) is 0 Å². The molecule has 0 saturated heterocycles. The molecule has 0 unspecified atom stereocenters. The highest BCUT2D eigenvalue weighted by molar-refractivity contribution is 5.71. The molecule has 0 saturated carbocycles. The molecule has 0 aliphatic heterocycles. The lowest BCUT2D eigenvalue weighted by molar-refractivity contribution is -0.167. The van der Waals surface area contributed by atoms with Crippen molar-refractivity contribution in [2.45, 2.75) is 336 Å². The number of hydrogen-bond donors (Lipinski definition) is 0. The van der Waals surface area contributed by atoms with Crippen LogP contribution in [0.4, 0.5) is 0 Å². The fourth-order valence-electron chi connectivity index (χ4n) is 8.92. The molecule has 0 aromatic carbocycles. The van der Waals surface area contributed by atoms with E-state index in [9.17, 15) is 14.4 Å². The van der Waals surface area contributed by atoms with Gasteiger partial charge in [-0.2, -0.15) is 0 Å². The Balaban J connectivity index is 4.28. The van der Waals surface area contributed by atoms with Gasteiger partial charge in [-0.25, -0.2) is 0 Å². The van der Waals surface area contributed by atoms with E-state index >= 15 is 0 Å². The zero-order chi connectivity index (χ0) is 46.7. The van der Waals surface area contributed by atoms with Gasteiger partial charge in [0.15, 0.2) is 6.10 Å². The topological polar surface area (TPSA) is 78.9 Å². The second-order valence-electron chi connectivity index (χ2n) is 20.4. The minimum atomic E-state index is -0.761. The smallest absolute Gasteiger partial charge is 0.306 e. The van der Waals surface area contributed by atoms with Gasteiger partial charge in [-0.1, -0.05) is 291 Å². The lowest BCUT2D eigenvalue weighted by atomic mass is 10.0. The van der Waals surface area contributed by atoms with Gasteiger partial charge in [-0.3, -0.25) is 14.4 Å². The summed E-state index contributed by atoms with van der Waals surface area (Å²) in [4.78, 5) is 38.1. The average molecular weight is 906 g/mol. The Hall–Kier alpha value is -1.59. The number of rotatable bonds is 53. The first-order chi connectivity index (χ1) is 31.4. The molecule has 64 heavy (non-hydrogen) atoms. The van der Waals surface area contributed by atoms with Crippen molar-refractivity contribution < 1.29 is 28.6 Å². The van der Waals surface area contributed by atoms with Crippen LogP contribution in [0.3, 0.4) is 0 Å². The van der Waals surface area contributed by atoms with E-state index in [-0.39, 0.29) is 31.1 Å². The van der Waals surface area contributed by atoms with Crippen molar-refractivity contribution in [2.75, 3.05) is 13.2 Å². The van der Waals surface area contributed by atoms with Crippen LogP contribution >= 0.6 is 0 Å². The van der Waals surface area contributed by atoms with Crippen molar-refractivity contribution in [3.63, 3.8) is 0 Å². The van der Waals surface area contributed by atoms with Crippen LogP contribution in [0.5, 0.6) is 0 Å². The highest BCUT2D eigenvalue weighted by Gasteiger charge is 2.19. The van der Waals surface area contributed by atoms with E-state index in [0.29, 0.717) is 19.3 Å². The third-order valence-electron chi connectivity index (χ3n) is 13.3. The summed E-state index contributed by atoms with van der Waals surface area (Å²) in [5.74, 6) is 0.00987. The van der Waals surface area contributed by atoms with Crippen molar-refractivity contribution in [1.82, 2.24) is 0 Å². The summed E-state index contributed by atoms with van der Waals surface area (Å²) < 4.78 is 16.9. The third-order valence-corrected chi connectivity index (χ3v) is 13.3. The van der Waals surface area contributed by atoms with Crippen LogP contribution in [0.25, 0.3) is 0 Å². The molecule has 0 aromatic heterocycles. The zero-order valence-corrected chi connectivity index (χ0v) is 43.8. The predicted octanol–water partition coefficient (Wildman–Crippen LogP) is 19.0. The number of ether oxygens (including phenoxy) is 3. The van der Waals surface area contributed by atoms with E-state index in [0.717, 1.165) is 63.7 Å². The first-order valence-corrected chi connectivity index (χ1v) is 28.9. The minimum absolute atomic E-state index is 0.0618. The maximum Gasteiger partial charge on any atom is 0.306 e. The summed E-state index contributed by atoms with van der Waals surface area (Å²) in [6.45, 7) is 9.07. The van der Waals surface area contributed by atoms with E-state index < -0.39 is 6.10 Å². The van der Waals surface area contributed by atoms with Crippen molar-refractivity contribution in [3.05, 3.63) is 0 Å². The SMILES string of the molecule is CCCCCCCCCCCCCCCCCCC(=O)OC[C@H](COC(=O)CCCCCCCCCCCCCCCCC(C)C)OC(=O)CCCCCCCCCCCCCCC. The molecule has 0 aromatic rings. The Morgan fingerprint density at radius 2 is 0.516 bits per heavy atom. The molecule has 0 rings (SSSR count). The van der Waals surface area contributed by atoms with E-state index in [2.05, 4.69) is 27.7 Å². The molecule has 0 radical (unpaired) electrons. The lowest BCUT2D eigenvalue weighted by Gasteiger charge is -2.18. The highest BCUT2D eigenvalue weighted by Crippen LogP contribution is 2.18.